The second kappa shape index (κ2) is 7.42. The molecule has 0 radical (unpaired) electrons. The smallest absolute Gasteiger partial charge is 0.243 e. The number of piperidine rings is 1. The van der Waals surface area contributed by atoms with Crippen molar-refractivity contribution < 1.29 is 13.2 Å². The molecule has 1 saturated heterocycles. The molecule has 1 aromatic rings. The summed E-state index contributed by atoms with van der Waals surface area (Å²) in [4.78, 5) is 12.2. The number of aryl methyl sites for hydroxylation is 1. The molecule has 2 rings (SSSR count). The predicted molar refractivity (Wildman–Crippen MR) is 89.3 cm³/mol. The summed E-state index contributed by atoms with van der Waals surface area (Å²) in [6.07, 6.45) is 1.24. The Kier molecular flexibility index (Phi) is 5.78. The lowest BCUT2D eigenvalue weighted by atomic mass is 10.1. The van der Waals surface area contributed by atoms with Gasteiger partial charge in [-0.25, -0.2) is 8.42 Å². The summed E-state index contributed by atoms with van der Waals surface area (Å²) in [5.41, 5.74) is 6.51. The summed E-state index contributed by atoms with van der Waals surface area (Å²) in [6, 6.07) is 6.89. The summed E-state index contributed by atoms with van der Waals surface area (Å²) < 4.78 is 26.7. The standard InChI is InChI=1S/C16H25N3O3S/c1-12-3-5-15(6-4-12)23(21,22)19-9-7-14(8-10-19)18-16(20)13(2)11-17/h3-6,13-14H,7-11,17H2,1-2H3,(H,18,20). The molecule has 128 valence electrons. The zero-order valence-electron chi connectivity index (χ0n) is 13.7. The number of benzene rings is 1. The Bertz CT molecular complexity index is 635. The SMILES string of the molecule is Cc1ccc(S(=O)(=O)N2CCC(NC(=O)C(C)CN)CC2)cc1. The van der Waals surface area contributed by atoms with E-state index in [1.54, 1.807) is 31.2 Å². The number of sulfonamides is 1. The highest BCUT2D eigenvalue weighted by atomic mass is 32.2. The summed E-state index contributed by atoms with van der Waals surface area (Å²) in [7, 11) is -3.45. The number of amides is 1. The van der Waals surface area contributed by atoms with Gasteiger partial charge in [0.1, 0.15) is 0 Å². The molecule has 0 spiro atoms. The molecule has 1 fully saturated rings. The van der Waals surface area contributed by atoms with Gasteiger partial charge in [-0.05, 0) is 31.9 Å². The minimum Gasteiger partial charge on any atom is -0.353 e. The van der Waals surface area contributed by atoms with Gasteiger partial charge in [-0.2, -0.15) is 4.31 Å². The van der Waals surface area contributed by atoms with E-state index in [2.05, 4.69) is 5.32 Å². The molecular formula is C16H25N3O3S. The van der Waals surface area contributed by atoms with Gasteiger partial charge in [0.25, 0.3) is 0 Å². The van der Waals surface area contributed by atoms with Crippen LogP contribution in [-0.2, 0) is 14.8 Å². The van der Waals surface area contributed by atoms with Crippen LogP contribution in [0, 0.1) is 12.8 Å². The highest BCUT2D eigenvalue weighted by molar-refractivity contribution is 7.89. The fourth-order valence-corrected chi connectivity index (χ4v) is 4.02. The van der Waals surface area contributed by atoms with Crippen LogP contribution in [-0.4, -0.2) is 44.3 Å². The minimum atomic E-state index is -3.45. The lowest BCUT2D eigenvalue weighted by Crippen LogP contribution is -2.48. The predicted octanol–water partition coefficient (Wildman–Crippen LogP) is 0.859. The molecule has 23 heavy (non-hydrogen) atoms. The first kappa shape index (κ1) is 17.9. The van der Waals surface area contributed by atoms with E-state index in [-0.39, 0.29) is 17.9 Å². The van der Waals surface area contributed by atoms with Gasteiger partial charge in [0, 0.05) is 31.6 Å². The van der Waals surface area contributed by atoms with Crippen molar-refractivity contribution >= 4 is 15.9 Å². The van der Waals surface area contributed by atoms with Gasteiger partial charge in [-0.3, -0.25) is 4.79 Å². The first-order valence-electron chi connectivity index (χ1n) is 7.92. The van der Waals surface area contributed by atoms with Crippen LogP contribution in [0.15, 0.2) is 29.2 Å². The highest BCUT2D eigenvalue weighted by Crippen LogP contribution is 2.21. The molecule has 0 aliphatic carbocycles. The molecular weight excluding hydrogens is 314 g/mol. The number of nitrogens with zero attached hydrogens (tertiary/aromatic N) is 1. The Morgan fingerprint density at radius 3 is 2.39 bits per heavy atom. The van der Waals surface area contributed by atoms with E-state index in [0.29, 0.717) is 37.4 Å². The number of nitrogens with one attached hydrogen (secondary N) is 1. The summed E-state index contributed by atoms with van der Waals surface area (Å²) >= 11 is 0. The molecule has 1 aromatic carbocycles. The van der Waals surface area contributed by atoms with Crippen LogP contribution in [0.1, 0.15) is 25.3 Å². The van der Waals surface area contributed by atoms with Crippen molar-refractivity contribution in [1.82, 2.24) is 9.62 Å². The van der Waals surface area contributed by atoms with Crippen molar-refractivity contribution in [2.45, 2.75) is 37.6 Å². The summed E-state index contributed by atoms with van der Waals surface area (Å²) in [5.74, 6) is -0.281. The number of nitrogens with two attached hydrogens (primary N) is 1. The Balaban J connectivity index is 1.96. The molecule has 1 unspecified atom stereocenters. The molecule has 1 aliphatic rings. The Labute approximate surface area is 138 Å². The average Bonchev–Trinajstić information content (AvgIpc) is 2.55. The molecule has 0 bridgehead atoms. The van der Waals surface area contributed by atoms with Crippen LogP contribution in [0.25, 0.3) is 0 Å². The summed E-state index contributed by atoms with van der Waals surface area (Å²) in [5, 5.41) is 2.95. The van der Waals surface area contributed by atoms with E-state index in [4.69, 9.17) is 5.73 Å². The third kappa shape index (κ3) is 4.31. The van der Waals surface area contributed by atoms with Crippen molar-refractivity contribution in [3.8, 4) is 0 Å². The van der Waals surface area contributed by atoms with Crippen LogP contribution >= 0.6 is 0 Å². The lowest BCUT2D eigenvalue weighted by Gasteiger charge is -2.32. The molecule has 1 heterocycles. The van der Waals surface area contributed by atoms with E-state index >= 15 is 0 Å². The van der Waals surface area contributed by atoms with Crippen LogP contribution in [0.2, 0.25) is 0 Å². The van der Waals surface area contributed by atoms with Crippen LogP contribution in [0.4, 0.5) is 0 Å². The number of carbonyl (C=O) groups is 1. The van der Waals surface area contributed by atoms with Crippen LogP contribution < -0.4 is 11.1 Å². The lowest BCUT2D eigenvalue weighted by molar-refractivity contribution is -0.125. The Morgan fingerprint density at radius 2 is 1.87 bits per heavy atom. The normalized spacial score (nSPS) is 18.6. The van der Waals surface area contributed by atoms with E-state index in [1.807, 2.05) is 6.92 Å². The maximum Gasteiger partial charge on any atom is 0.243 e. The molecule has 1 aliphatic heterocycles. The van der Waals surface area contributed by atoms with Gasteiger partial charge in [0.05, 0.1) is 4.90 Å². The van der Waals surface area contributed by atoms with E-state index in [1.165, 1.54) is 4.31 Å². The van der Waals surface area contributed by atoms with Crippen LogP contribution in [0.5, 0.6) is 0 Å². The van der Waals surface area contributed by atoms with Gasteiger partial charge in [0.15, 0.2) is 0 Å². The maximum absolute atomic E-state index is 12.6. The van der Waals surface area contributed by atoms with Crippen molar-refractivity contribution in [2.75, 3.05) is 19.6 Å². The fraction of sp³-hybridized carbons (Fsp3) is 0.562. The van der Waals surface area contributed by atoms with Gasteiger partial charge in [0.2, 0.25) is 15.9 Å². The second-order valence-electron chi connectivity index (χ2n) is 6.14. The average molecular weight is 339 g/mol. The van der Waals surface area contributed by atoms with Crippen molar-refractivity contribution in [3.05, 3.63) is 29.8 Å². The first-order chi connectivity index (χ1) is 10.8. The largest absolute Gasteiger partial charge is 0.353 e. The highest BCUT2D eigenvalue weighted by Gasteiger charge is 2.30. The molecule has 1 atom stereocenters. The molecule has 0 saturated carbocycles. The third-order valence-electron chi connectivity index (χ3n) is 4.26. The number of hydrogen-bond donors (Lipinski definition) is 2. The van der Waals surface area contributed by atoms with Crippen LogP contribution in [0.3, 0.4) is 0 Å². The van der Waals surface area contributed by atoms with E-state index < -0.39 is 10.0 Å². The molecule has 7 heteroatoms. The van der Waals surface area contributed by atoms with Gasteiger partial charge in [-0.15, -0.1) is 0 Å². The molecule has 6 nitrogen and oxygen atoms in total. The number of carbonyl (C=O) groups excluding carboxylic acids is 1. The van der Waals surface area contributed by atoms with E-state index in [9.17, 15) is 13.2 Å². The second-order valence-corrected chi connectivity index (χ2v) is 8.07. The van der Waals surface area contributed by atoms with Gasteiger partial charge >= 0.3 is 0 Å². The number of hydrogen-bond acceptors (Lipinski definition) is 4. The third-order valence-corrected chi connectivity index (χ3v) is 6.17. The fourth-order valence-electron chi connectivity index (χ4n) is 2.55. The minimum absolute atomic E-state index is 0.0148. The zero-order valence-corrected chi connectivity index (χ0v) is 14.5. The zero-order chi connectivity index (χ0) is 17.0. The first-order valence-corrected chi connectivity index (χ1v) is 9.36. The van der Waals surface area contributed by atoms with Crippen molar-refractivity contribution in [1.29, 1.82) is 0 Å². The Morgan fingerprint density at radius 1 is 1.30 bits per heavy atom. The van der Waals surface area contributed by atoms with Crippen molar-refractivity contribution in [2.24, 2.45) is 11.7 Å². The molecule has 3 N–H and O–H groups in total. The van der Waals surface area contributed by atoms with Gasteiger partial charge in [-0.1, -0.05) is 24.6 Å². The van der Waals surface area contributed by atoms with Gasteiger partial charge < -0.3 is 11.1 Å². The molecule has 1 amide bonds. The van der Waals surface area contributed by atoms with Crippen molar-refractivity contribution in [3.63, 3.8) is 0 Å². The monoisotopic (exact) mass is 339 g/mol. The number of rotatable bonds is 5. The van der Waals surface area contributed by atoms with E-state index in [0.717, 1.165) is 5.56 Å². The Hall–Kier alpha value is -1.44. The summed E-state index contributed by atoms with van der Waals surface area (Å²) in [6.45, 7) is 4.85. The maximum atomic E-state index is 12.6. The topological polar surface area (TPSA) is 92.5 Å². The quantitative estimate of drug-likeness (QED) is 0.832. The molecule has 0 aromatic heterocycles.